The predicted molar refractivity (Wildman–Crippen MR) is 77.1 cm³/mol. The minimum atomic E-state index is -0.440. The molecule has 0 bridgehead atoms. The number of esters is 2. The Morgan fingerprint density at radius 1 is 1.00 bits per heavy atom. The second-order valence-corrected chi connectivity index (χ2v) is 4.56. The van der Waals surface area contributed by atoms with Crippen LogP contribution in [0.25, 0.3) is 0 Å². The Morgan fingerprint density at radius 2 is 1.68 bits per heavy atom. The van der Waals surface area contributed by atoms with E-state index in [1.54, 1.807) is 24.3 Å². The topological polar surface area (TPSA) is 86.7 Å². The summed E-state index contributed by atoms with van der Waals surface area (Å²) in [5.74, 6) is -1.02. The lowest BCUT2D eigenvalue weighted by Crippen LogP contribution is -2.07. The Bertz CT molecular complexity index is 532. The molecule has 0 aromatic heterocycles. The Labute approximate surface area is 128 Å². The van der Waals surface area contributed by atoms with Crippen molar-refractivity contribution in [2.24, 2.45) is 0 Å². The normalized spacial score (nSPS) is 9.86. The number of ketones is 1. The Balaban J connectivity index is 2.45. The number of hydrogen-bond donors (Lipinski definition) is 0. The van der Waals surface area contributed by atoms with E-state index in [1.165, 1.54) is 7.11 Å². The fraction of sp³-hybridized carbons (Fsp3) is 0.375. The molecule has 0 unspecified atom stereocenters. The number of ether oxygens (including phenoxy) is 2. The minimum Gasteiger partial charge on any atom is -0.469 e. The molecular weight excluding hydrogens is 288 g/mol. The number of carbonyl (C=O) groups excluding carboxylic acids is 4. The summed E-state index contributed by atoms with van der Waals surface area (Å²) in [5.41, 5.74) is 1.23. The molecular formula is C16H18O6. The summed E-state index contributed by atoms with van der Waals surface area (Å²) in [6.07, 6.45) is 1.01. The Kier molecular flexibility index (Phi) is 7.53. The molecule has 6 heteroatoms. The van der Waals surface area contributed by atoms with Crippen molar-refractivity contribution in [2.75, 3.05) is 7.11 Å². The number of benzene rings is 1. The van der Waals surface area contributed by atoms with Gasteiger partial charge in [-0.15, -0.1) is 0 Å². The SMILES string of the molecule is COC(=O)CCC(=O)c1ccc(COC(=O)CCC=O)cc1. The second-order valence-electron chi connectivity index (χ2n) is 4.56. The smallest absolute Gasteiger partial charge is 0.306 e. The lowest BCUT2D eigenvalue weighted by molar-refractivity contribution is -0.145. The number of hydrogen-bond acceptors (Lipinski definition) is 6. The van der Waals surface area contributed by atoms with E-state index in [9.17, 15) is 19.2 Å². The highest BCUT2D eigenvalue weighted by atomic mass is 16.5. The van der Waals surface area contributed by atoms with E-state index < -0.39 is 11.9 Å². The van der Waals surface area contributed by atoms with E-state index >= 15 is 0 Å². The summed E-state index contributed by atoms with van der Waals surface area (Å²) in [7, 11) is 1.28. The van der Waals surface area contributed by atoms with Crippen LogP contribution in [0.3, 0.4) is 0 Å². The fourth-order valence-corrected chi connectivity index (χ4v) is 1.66. The summed E-state index contributed by atoms with van der Waals surface area (Å²) >= 11 is 0. The number of Topliss-reactive ketones (excluding diaryl/α,β-unsaturated/α-hetero) is 1. The standard InChI is InChI=1S/C16H18O6/c1-21-15(19)9-8-14(18)13-6-4-12(5-7-13)11-22-16(20)3-2-10-17/h4-7,10H,2-3,8-9,11H2,1H3. The Morgan fingerprint density at radius 3 is 2.27 bits per heavy atom. The van der Waals surface area contributed by atoms with Gasteiger partial charge < -0.3 is 14.3 Å². The van der Waals surface area contributed by atoms with Crippen LogP contribution in [0.4, 0.5) is 0 Å². The van der Waals surface area contributed by atoms with Crippen molar-refractivity contribution >= 4 is 24.0 Å². The van der Waals surface area contributed by atoms with Gasteiger partial charge in [0.25, 0.3) is 0 Å². The monoisotopic (exact) mass is 306 g/mol. The van der Waals surface area contributed by atoms with Crippen molar-refractivity contribution in [3.63, 3.8) is 0 Å². The number of carbonyl (C=O) groups is 4. The van der Waals surface area contributed by atoms with Gasteiger partial charge in [0.2, 0.25) is 0 Å². The van der Waals surface area contributed by atoms with E-state index in [0.29, 0.717) is 11.8 Å². The summed E-state index contributed by atoms with van der Waals surface area (Å²) in [4.78, 5) is 44.2. The first-order valence-electron chi connectivity index (χ1n) is 6.85. The molecule has 118 valence electrons. The molecule has 0 amide bonds. The summed E-state index contributed by atoms with van der Waals surface area (Å²) in [6, 6.07) is 6.60. The molecule has 22 heavy (non-hydrogen) atoms. The van der Waals surface area contributed by atoms with Gasteiger partial charge >= 0.3 is 11.9 Å². The predicted octanol–water partition coefficient (Wildman–Crippen LogP) is 1.84. The molecule has 0 spiro atoms. The van der Waals surface area contributed by atoms with Crippen LogP contribution in [0.2, 0.25) is 0 Å². The number of methoxy groups -OCH3 is 1. The highest BCUT2D eigenvalue weighted by Crippen LogP contribution is 2.10. The van der Waals surface area contributed by atoms with Crippen LogP contribution in [-0.2, 0) is 30.5 Å². The van der Waals surface area contributed by atoms with Crippen LogP contribution >= 0.6 is 0 Å². The average molecular weight is 306 g/mol. The zero-order chi connectivity index (χ0) is 16.4. The highest BCUT2D eigenvalue weighted by Gasteiger charge is 2.10. The first-order chi connectivity index (χ1) is 10.6. The maximum atomic E-state index is 11.8. The quantitative estimate of drug-likeness (QED) is 0.393. The van der Waals surface area contributed by atoms with Crippen molar-refractivity contribution in [3.8, 4) is 0 Å². The third kappa shape index (κ3) is 6.30. The van der Waals surface area contributed by atoms with Crippen molar-refractivity contribution in [1.29, 1.82) is 0 Å². The van der Waals surface area contributed by atoms with E-state index in [1.807, 2.05) is 0 Å². The van der Waals surface area contributed by atoms with Gasteiger partial charge in [-0.25, -0.2) is 0 Å². The van der Waals surface area contributed by atoms with Gasteiger partial charge in [0, 0.05) is 18.4 Å². The largest absolute Gasteiger partial charge is 0.469 e. The molecule has 0 radical (unpaired) electrons. The highest BCUT2D eigenvalue weighted by molar-refractivity contribution is 5.97. The van der Waals surface area contributed by atoms with Crippen molar-refractivity contribution in [1.82, 2.24) is 0 Å². The third-order valence-corrected chi connectivity index (χ3v) is 2.93. The molecule has 0 saturated carbocycles. The van der Waals surface area contributed by atoms with Crippen LogP contribution < -0.4 is 0 Å². The Hall–Kier alpha value is -2.50. The van der Waals surface area contributed by atoms with E-state index in [4.69, 9.17) is 4.74 Å². The molecule has 0 N–H and O–H groups in total. The van der Waals surface area contributed by atoms with Crippen molar-refractivity contribution < 1.29 is 28.7 Å². The number of aldehydes is 1. The van der Waals surface area contributed by atoms with Crippen LogP contribution in [0.1, 0.15) is 41.6 Å². The molecule has 0 atom stereocenters. The third-order valence-electron chi connectivity index (χ3n) is 2.93. The molecule has 0 fully saturated rings. The van der Waals surface area contributed by atoms with Gasteiger partial charge in [0.1, 0.15) is 12.9 Å². The zero-order valence-corrected chi connectivity index (χ0v) is 12.4. The number of rotatable bonds is 9. The first-order valence-corrected chi connectivity index (χ1v) is 6.85. The van der Waals surface area contributed by atoms with Gasteiger partial charge in [-0.2, -0.15) is 0 Å². The minimum absolute atomic E-state index is 0.0471. The lowest BCUT2D eigenvalue weighted by atomic mass is 10.0. The van der Waals surface area contributed by atoms with Crippen LogP contribution in [0.5, 0.6) is 0 Å². The van der Waals surface area contributed by atoms with Crippen molar-refractivity contribution in [3.05, 3.63) is 35.4 Å². The average Bonchev–Trinajstić information content (AvgIpc) is 2.55. The van der Waals surface area contributed by atoms with Gasteiger partial charge in [-0.05, 0) is 5.56 Å². The van der Waals surface area contributed by atoms with E-state index in [0.717, 1.165) is 5.56 Å². The zero-order valence-electron chi connectivity index (χ0n) is 12.4. The first kappa shape index (κ1) is 17.6. The molecule has 0 aliphatic carbocycles. The van der Waals surface area contributed by atoms with Gasteiger partial charge in [-0.3, -0.25) is 14.4 Å². The fourth-order valence-electron chi connectivity index (χ4n) is 1.66. The molecule has 0 heterocycles. The molecule has 0 saturated heterocycles. The summed E-state index contributed by atoms with van der Waals surface area (Å²) < 4.78 is 9.46. The van der Waals surface area contributed by atoms with Gasteiger partial charge in [-0.1, -0.05) is 24.3 Å². The van der Waals surface area contributed by atoms with Gasteiger partial charge in [0.15, 0.2) is 5.78 Å². The molecule has 1 aromatic carbocycles. The van der Waals surface area contributed by atoms with E-state index in [-0.39, 0.29) is 38.1 Å². The van der Waals surface area contributed by atoms with Crippen molar-refractivity contribution in [2.45, 2.75) is 32.3 Å². The maximum Gasteiger partial charge on any atom is 0.306 e. The van der Waals surface area contributed by atoms with E-state index in [2.05, 4.69) is 4.74 Å². The van der Waals surface area contributed by atoms with Crippen LogP contribution in [-0.4, -0.2) is 31.1 Å². The second kappa shape index (κ2) is 9.44. The summed E-state index contributed by atoms with van der Waals surface area (Å²) in [6.45, 7) is 0.0916. The molecule has 1 rings (SSSR count). The molecule has 6 nitrogen and oxygen atoms in total. The molecule has 0 aliphatic heterocycles. The van der Waals surface area contributed by atoms with Gasteiger partial charge in [0.05, 0.1) is 20.0 Å². The van der Waals surface area contributed by atoms with Crippen LogP contribution in [0, 0.1) is 0 Å². The molecule has 0 aliphatic rings. The lowest BCUT2D eigenvalue weighted by Gasteiger charge is -2.05. The maximum absolute atomic E-state index is 11.8. The molecule has 1 aromatic rings. The van der Waals surface area contributed by atoms with Crippen LogP contribution in [0.15, 0.2) is 24.3 Å². The summed E-state index contributed by atoms with van der Waals surface area (Å²) in [5, 5.41) is 0.